The van der Waals surface area contributed by atoms with Crippen LogP contribution in [0.15, 0.2) is 0 Å². The Balaban J connectivity index is 2.20. The van der Waals surface area contributed by atoms with Gasteiger partial charge >= 0.3 is 6.03 Å². The minimum atomic E-state index is -0.0813. The quantitative estimate of drug-likeness (QED) is 0.647. The highest BCUT2D eigenvalue weighted by Gasteiger charge is 2.18. The van der Waals surface area contributed by atoms with Crippen molar-refractivity contribution in [2.24, 2.45) is 0 Å². The predicted octanol–water partition coefficient (Wildman–Crippen LogP) is 1.39. The van der Waals surface area contributed by atoms with Gasteiger partial charge in [0.05, 0.1) is 0 Å². The van der Waals surface area contributed by atoms with Gasteiger partial charge in [0.2, 0.25) is 0 Å². The maximum absolute atomic E-state index is 11.5. The molecule has 88 valence electrons. The van der Waals surface area contributed by atoms with E-state index in [-0.39, 0.29) is 18.7 Å². The summed E-state index contributed by atoms with van der Waals surface area (Å²) in [6.07, 6.45) is 6.14. The van der Waals surface area contributed by atoms with Crippen molar-refractivity contribution in [2.75, 3.05) is 6.61 Å². The molecule has 0 aliphatic heterocycles. The van der Waals surface area contributed by atoms with Gasteiger partial charge in [0.25, 0.3) is 0 Å². The van der Waals surface area contributed by atoms with Gasteiger partial charge in [-0.25, -0.2) is 4.79 Å². The molecular formula is C11H22N2O2. The van der Waals surface area contributed by atoms with E-state index in [4.69, 9.17) is 5.11 Å². The van der Waals surface area contributed by atoms with Crippen molar-refractivity contribution in [3.63, 3.8) is 0 Å². The van der Waals surface area contributed by atoms with Crippen molar-refractivity contribution >= 4 is 6.03 Å². The number of urea groups is 1. The van der Waals surface area contributed by atoms with Crippen LogP contribution >= 0.6 is 0 Å². The van der Waals surface area contributed by atoms with Gasteiger partial charge in [-0.3, -0.25) is 0 Å². The number of aliphatic hydroxyl groups is 1. The number of hydrogen-bond acceptors (Lipinski definition) is 2. The summed E-state index contributed by atoms with van der Waals surface area (Å²) < 4.78 is 0. The molecule has 1 atom stereocenters. The maximum atomic E-state index is 11.5. The van der Waals surface area contributed by atoms with Gasteiger partial charge in [-0.15, -0.1) is 0 Å². The van der Waals surface area contributed by atoms with Crippen LogP contribution in [0.5, 0.6) is 0 Å². The van der Waals surface area contributed by atoms with Gasteiger partial charge in [0, 0.05) is 18.7 Å². The Labute approximate surface area is 91.4 Å². The lowest BCUT2D eigenvalue weighted by atomic mass is 10.1. The smallest absolute Gasteiger partial charge is 0.315 e. The van der Waals surface area contributed by atoms with Gasteiger partial charge in [-0.05, 0) is 25.7 Å². The summed E-state index contributed by atoms with van der Waals surface area (Å²) in [5, 5.41) is 14.6. The second-order valence-electron chi connectivity index (χ2n) is 4.22. The van der Waals surface area contributed by atoms with Crippen LogP contribution in [0.4, 0.5) is 4.79 Å². The molecule has 1 fully saturated rings. The summed E-state index contributed by atoms with van der Waals surface area (Å²) in [6, 6.07) is 0.371. The van der Waals surface area contributed by atoms with Crippen molar-refractivity contribution in [1.29, 1.82) is 0 Å². The molecule has 1 saturated carbocycles. The molecule has 0 bridgehead atoms. The Morgan fingerprint density at radius 3 is 2.67 bits per heavy atom. The molecule has 0 aromatic heterocycles. The zero-order valence-corrected chi connectivity index (χ0v) is 9.46. The van der Waals surface area contributed by atoms with E-state index in [1.165, 1.54) is 12.8 Å². The first kappa shape index (κ1) is 12.3. The van der Waals surface area contributed by atoms with Crippen LogP contribution in [-0.2, 0) is 0 Å². The van der Waals surface area contributed by atoms with E-state index in [2.05, 4.69) is 10.6 Å². The van der Waals surface area contributed by atoms with E-state index in [0.29, 0.717) is 12.5 Å². The number of carbonyl (C=O) groups is 1. The van der Waals surface area contributed by atoms with Crippen molar-refractivity contribution in [3.05, 3.63) is 0 Å². The van der Waals surface area contributed by atoms with Crippen molar-refractivity contribution in [3.8, 4) is 0 Å². The number of rotatable bonds is 5. The Morgan fingerprint density at radius 2 is 2.13 bits per heavy atom. The van der Waals surface area contributed by atoms with Crippen molar-refractivity contribution in [1.82, 2.24) is 10.6 Å². The zero-order chi connectivity index (χ0) is 11.1. The number of nitrogens with one attached hydrogen (secondary N) is 2. The fraction of sp³-hybridized carbons (Fsp3) is 0.909. The average molecular weight is 214 g/mol. The molecule has 1 rings (SSSR count). The van der Waals surface area contributed by atoms with Crippen LogP contribution in [0.3, 0.4) is 0 Å². The lowest BCUT2D eigenvalue weighted by Crippen LogP contribution is -2.45. The molecular weight excluding hydrogens is 192 g/mol. The first-order valence-corrected chi connectivity index (χ1v) is 5.94. The predicted molar refractivity (Wildman–Crippen MR) is 59.7 cm³/mol. The lowest BCUT2D eigenvalue weighted by Gasteiger charge is -2.18. The Kier molecular flexibility index (Phi) is 5.47. The summed E-state index contributed by atoms with van der Waals surface area (Å²) in [6.45, 7) is 2.14. The normalized spacial score (nSPS) is 18.8. The molecule has 0 radical (unpaired) electrons. The first-order chi connectivity index (χ1) is 7.26. The van der Waals surface area contributed by atoms with E-state index < -0.39 is 0 Å². The van der Waals surface area contributed by atoms with Crippen LogP contribution in [0.2, 0.25) is 0 Å². The maximum Gasteiger partial charge on any atom is 0.315 e. The van der Waals surface area contributed by atoms with E-state index >= 15 is 0 Å². The largest absolute Gasteiger partial charge is 0.396 e. The fourth-order valence-electron chi connectivity index (χ4n) is 2.02. The highest BCUT2D eigenvalue weighted by atomic mass is 16.3. The Morgan fingerprint density at radius 1 is 1.47 bits per heavy atom. The third kappa shape index (κ3) is 4.51. The number of carbonyl (C=O) groups excluding carboxylic acids is 1. The third-order valence-corrected chi connectivity index (χ3v) is 3.00. The van der Waals surface area contributed by atoms with E-state index in [9.17, 15) is 4.79 Å². The monoisotopic (exact) mass is 214 g/mol. The highest BCUT2D eigenvalue weighted by molar-refractivity contribution is 5.74. The standard InChI is InChI=1S/C11H22N2O2/c1-2-9(7-8-14)12-11(15)13-10-5-3-4-6-10/h9-10,14H,2-8H2,1H3,(H2,12,13,15). The second kappa shape index (κ2) is 6.67. The van der Waals surface area contributed by atoms with E-state index in [1.54, 1.807) is 0 Å². The molecule has 0 saturated heterocycles. The van der Waals surface area contributed by atoms with Gasteiger partial charge < -0.3 is 15.7 Å². The summed E-state index contributed by atoms with van der Waals surface area (Å²) in [5.74, 6) is 0. The van der Waals surface area contributed by atoms with E-state index in [0.717, 1.165) is 19.3 Å². The van der Waals surface area contributed by atoms with Gasteiger partial charge in [0.15, 0.2) is 0 Å². The van der Waals surface area contributed by atoms with Gasteiger partial charge in [-0.1, -0.05) is 19.8 Å². The molecule has 0 spiro atoms. The number of hydrogen-bond donors (Lipinski definition) is 3. The minimum Gasteiger partial charge on any atom is -0.396 e. The fourth-order valence-corrected chi connectivity index (χ4v) is 2.02. The van der Waals surface area contributed by atoms with Gasteiger partial charge in [0.1, 0.15) is 0 Å². The summed E-state index contributed by atoms with van der Waals surface area (Å²) in [4.78, 5) is 11.5. The summed E-state index contributed by atoms with van der Waals surface area (Å²) >= 11 is 0. The highest BCUT2D eigenvalue weighted by Crippen LogP contribution is 2.17. The number of aliphatic hydroxyl groups excluding tert-OH is 1. The molecule has 15 heavy (non-hydrogen) atoms. The average Bonchev–Trinajstić information content (AvgIpc) is 2.69. The molecule has 2 amide bonds. The summed E-state index contributed by atoms with van der Waals surface area (Å²) in [5.41, 5.74) is 0. The van der Waals surface area contributed by atoms with Crippen LogP contribution in [0.25, 0.3) is 0 Å². The molecule has 4 heteroatoms. The second-order valence-corrected chi connectivity index (χ2v) is 4.22. The van der Waals surface area contributed by atoms with Crippen LogP contribution in [0.1, 0.15) is 45.4 Å². The van der Waals surface area contributed by atoms with Crippen LogP contribution in [0, 0.1) is 0 Å². The molecule has 0 aromatic rings. The molecule has 0 aromatic carbocycles. The number of amides is 2. The molecule has 1 unspecified atom stereocenters. The molecule has 4 nitrogen and oxygen atoms in total. The molecule has 3 N–H and O–H groups in total. The SMILES string of the molecule is CCC(CCO)NC(=O)NC1CCCC1. The van der Waals surface area contributed by atoms with Crippen LogP contribution in [-0.4, -0.2) is 29.8 Å². The zero-order valence-electron chi connectivity index (χ0n) is 9.46. The topological polar surface area (TPSA) is 61.4 Å². The first-order valence-electron chi connectivity index (χ1n) is 5.94. The Bertz CT molecular complexity index is 191. The molecule has 1 aliphatic rings. The summed E-state index contributed by atoms with van der Waals surface area (Å²) in [7, 11) is 0. The van der Waals surface area contributed by atoms with Crippen LogP contribution < -0.4 is 10.6 Å². The van der Waals surface area contributed by atoms with Crippen molar-refractivity contribution < 1.29 is 9.90 Å². The van der Waals surface area contributed by atoms with E-state index in [1.807, 2.05) is 6.92 Å². The Hall–Kier alpha value is -0.770. The van der Waals surface area contributed by atoms with Gasteiger partial charge in [-0.2, -0.15) is 0 Å². The van der Waals surface area contributed by atoms with Crippen molar-refractivity contribution in [2.45, 2.75) is 57.5 Å². The molecule has 0 heterocycles. The lowest BCUT2D eigenvalue weighted by molar-refractivity contribution is 0.225. The minimum absolute atomic E-state index is 0.0813. The third-order valence-electron chi connectivity index (χ3n) is 3.00. The molecule has 1 aliphatic carbocycles.